The van der Waals surface area contributed by atoms with E-state index in [4.69, 9.17) is 11.6 Å². The molecule has 3 rings (SSSR count). The zero-order valence-corrected chi connectivity index (χ0v) is 14.2. The lowest BCUT2D eigenvalue weighted by molar-refractivity contribution is -0.140. The maximum atomic E-state index is 12.3. The molecule has 2 unspecified atom stereocenters. The predicted molar refractivity (Wildman–Crippen MR) is 91.5 cm³/mol. The number of nitrogens with zero attached hydrogens (tertiary/aromatic N) is 1. The SMILES string of the molecule is Cc1ccc(NC(=O)CCN2C(=O)C3CC=CCC3C2=O)c(Cl)c1. The van der Waals surface area contributed by atoms with Gasteiger partial charge in [0.05, 0.1) is 22.5 Å². The number of likely N-dealkylation sites (tertiary alicyclic amines) is 1. The highest BCUT2D eigenvalue weighted by Crippen LogP contribution is 2.35. The maximum Gasteiger partial charge on any atom is 0.233 e. The number of allylic oxidation sites excluding steroid dienone is 2. The Bertz CT molecular complexity index is 703. The summed E-state index contributed by atoms with van der Waals surface area (Å²) in [6.07, 6.45) is 5.17. The molecule has 1 aliphatic carbocycles. The number of nitrogens with one attached hydrogen (secondary N) is 1. The second-order valence-electron chi connectivity index (χ2n) is 6.27. The lowest BCUT2D eigenvalue weighted by atomic mass is 9.85. The summed E-state index contributed by atoms with van der Waals surface area (Å²) in [5, 5.41) is 3.19. The molecule has 126 valence electrons. The van der Waals surface area contributed by atoms with E-state index in [0.29, 0.717) is 23.6 Å². The number of anilines is 1. The summed E-state index contributed by atoms with van der Waals surface area (Å²) in [5.41, 5.74) is 1.53. The number of amides is 3. The number of hydrogen-bond donors (Lipinski definition) is 1. The third-order valence-corrected chi connectivity index (χ3v) is 4.87. The monoisotopic (exact) mass is 346 g/mol. The molecule has 1 aliphatic heterocycles. The van der Waals surface area contributed by atoms with Crippen LogP contribution in [0.1, 0.15) is 24.8 Å². The molecule has 1 fully saturated rings. The summed E-state index contributed by atoms with van der Waals surface area (Å²) in [5.74, 6) is -1.09. The quantitative estimate of drug-likeness (QED) is 0.673. The van der Waals surface area contributed by atoms with Gasteiger partial charge in [0.2, 0.25) is 17.7 Å². The molecule has 0 aromatic heterocycles. The molecule has 6 heteroatoms. The van der Waals surface area contributed by atoms with Gasteiger partial charge >= 0.3 is 0 Å². The molecule has 0 radical (unpaired) electrons. The van der Waals surface area contributed by atoms with E-state index in [2.05, 4.69) is 5.32 Å². The minimum atomic E-state index is -0.269. The Morgan fingerprint density at radius 3 is 2.42 bits per heavy atom. The van der Waals surface area contributed by atoms with E-state index < -0.39 is 0 Å². The van der Waals surface area contributed by atoms with E-state index >= 15 is 0 Å². The summed E-state index contributed by atoms with van der Waals surface area (Å²) >= 11 is 6.09. The average molecular weight is 347 g/mol. The smallest absolute Gasteiger partial charge is 0.233 e. The van der Waals surface area contributed by atoms with E-state index in [1.54, 1.807) is 12.1 Å². The molecule has 2 atom stereocenters. The van der Waals surface area contributed by atoms with Gasteiger partial charge in [0.1, 0.15) is 0 Å². The summed E-state index contributed by atoms with van der Waals surface area (Å²) in [4.78, 5) is 38.0. The first-order valence-corrected chi connectivity index (χ1v) is 8.41. The fraction of sp³-hybridized carbons (Fsp3) is 0.389. The van der Waals surface area contributed by atoms with Gasteiger partial charge in [-0.2, -0.15) is 0 Å². The zero-order chi connectivity index (χ0) is 17.3. The molecule has 3 amide bonds. The maximum absolute atomic E-state index is 12.3. The topological polar surface area (TPSA) is 66.5 Å². The highest BCUT2D eigenvalue weighted by Gasteiger charge is 2.46. The minimum Gasteiger partial charge on any atom is -0.325 e. The first-order valence-electron chi connectivity index (χ1n) is 8.03. The Morgan fingerprint density at radius 2 is 1.83 bits per heavy atom. The Balaban J connectivity index is 1.58. The number of aryl methyl sites for hydroxylation is 1. The normalized spacial score (nSPS) is 22.7. The average Bonchev–Trinajstić information content (AvgIpc) is 2.80. The number of imide groups is 1. The van der Waals surface area contributed by atoms with Crippen LogP contribution in [0.25, 0.3) is 0 Å². The van der Waals surface area contributed by atoms with E-state index in [1.165, 1.54) is 4.90 Å². The van der Waals surface area contributed by atoms with Crippen molar-refractivity contribution < 1.29 is 14.4 Å². The van der Waals surface area contributed by atoms with Gasteiger partial charge in [-0.1, -0.05) is 29.8 Å². The zero-order valence-electron chi connectivity index (χ0n) is 13.4. The third kappa shape index (κ3) is 3.22. The number of fused-ring (bicyclic) bond motifs is 1. The van der Waals surface area contributed by atoms with Crippen molar-refractivity contribution in [3.05, 3.63) is 40.9 Å². The Kier molecular flexibility index (Phi) is 4.71. The lowest BCUT2D eigenvalue weighted by Gasteiger charge is -2.14. The van der Waals surface area contributed by atoms with Gasteiger partial charge in [0.15, 0.2) is 0 Å². The largest absolute Gasteiger partial charge is 0.325 e. The number of carbonyl (C=O) groups is 3. The second-order valence-corrected chi connectivity index (χ2v) is 6.67. The van der Waals surface area contributed by atoms with Crippen molar-refractivity contribution in [3.63, 3.8) is 0 Å². The molecular weight excluding hydrogens is 328 g/mol. The number of halogens is 1. The molecule has 2 aliphatic rings. The minimum absolute atomic E-state index is 0.0640. The standard InChI is InChI=1S/C18H19ClN2O3/c1-11-6-7-15(14(19)10-11)20-16(22)8-9-21-17(23)12-4-2-3-5-13(12)18(21)24/h2-3,6-7,10,12-13H,4-5,8-9H2,1H3,(H,20,22). The van der Waals surface area contributed by atoms with Gasteiger partial charge in [0.25, 0.3) is 0 Å². The fourth-order valence-electron chi connectivity index (χ4n) is 3.24. The van der Waals surface area contributed by atoms with Gasteiger partial charge < -0.3 is 5.32 Å². The highest BCUT2D eigenvalue weighted by molar-refractivity contribution is 6.33. The van der Waals surface area contributed by atoms with Crippen LogP contribution < -0.4 is 5.32 Å². The fourth-order valence-corrected chi connectivity index (χ4v) is 3.52. The Morgan fingerprint density at radius 1 is 1.21 bits per heavy atom. The van der Waals surface area contributed by atoms with Crippen LogP contribution in [-0.4, -0.2) is 29.2 Å². The van der Waals surface area contributed by atoms with E-state index in [9.17, 15) is 14.4 Å². The van der Waals surface area contributed by atoms with Crippen molar-refractivity contribution in [1.29, 1.82) is 0 Å². The molecule has 1 N–H and O–H groups in total. The Hall–Kier alpha value is -2.14. The summed E-state index contributed by atoms with van der Waals surface area (Å²) < 4.78 is 0. The molecule has 5 nitrogen and oxygen atoms in total. The van der Waals surface area contributed by atoms with Crippen LogP contribution in [0, 0.1) is 18.8 Å². The molecular formula is C18H19ClN2O3. The molecule has 1 saturated heterocycles. The van der Waals surface area contributed by atoms with Gasteiger partial charge in [-0.25, -0.2) is 0 Å². The van der Waals surface area contributed by atoms with Crippen LogP contribution in [0.3, 0.4) is 0 Å². The van der Waals surface area contributed by atoms with Gasteiger partial charge in [0, 0.05) is 13.0 Å². The number of benzene rings is 1. The molecule has 1 aromatic carbocycles. The van der Waals surface area contributed by atoms with Crippen LogP contribution in [0.4, 0.5) is 5.69 Å². The Labute approximate surface area is 145 Å². The van der Waals surface area contributed by atoms with E-state index in [1.807, 2.05) is 25.1 Å². The van der Waals surface area contributed by atoms with Gasteiger partial charge in [-0.15, -0.1) is 0 Å². The van der Waals surface area contributed by atoms with Gasteiger partial charge in [-0.3, -0.25) is 19.3 Å². The molecule has 1 heterocycles. The predicted octanol–water partition coefficient (Wildman–Crippen LogP) is 2.93. The van der Waals surface area contributed by atoms with Crippen molar-refractivity contribution in [1.82, 2.24) is 4.90 Å². The van der Waals surface area contributed by atoms with Crippen molar-refractivity contribution in [2.45, 2.75) is 26.2 Å². The van der Waals surface area contributed by atoms with E-state index in [-0.39, 0.29) is 42.5 Å². The molecule has 0 saturated carbocycles. The lowest BCUT2D eigenvalue weighted by Crippen LogP contribution is -2.34. The number of carbonyl (C=O) groups excluding carboxylic acids is 3. The second kappa shape index (κ2) is 6.77. The van der Waals surface area contributed by atoms with Crippen molar-refractivity contribution in [2.24, 2.45) is 11.8 Å². The van der Waals surface area contributed by atoms with Crippen LogP contribution in [0.2, 0.25) is 5.02 Å². The number of hydrogen-bond acceptors (Lipinski definition) is 3. The number of rotatable bonds is 4. The first kappa shape index (κ1) is 16.7. The van der Waals surface area contributed by atoms with Crippen molar-refractivity contribution in [3.8, 4) is 0 Å². The first-order chi connectivity index (χ1) is 11.5. The van der Waals surface area contributed by atoms with Crippen molar-refractivity contribution >= 4 is 35.0 Å². The molecule has 0 spiro atoms. The molecule has 0 bridgehead atoms. The van der Waals surface area contributed by atoms with Crippen LogP contribution in [-0.2, 0) is 14.4 Å². The third-order valence-electron chi connectivity index (χ3n) is 4.56. The summed E-state index contributed by atoms with van der Waals surface area (Å²) in [6.45, 7) is 2.02. The van der Waals surface area contributed by atoms with Gasteiger partial charge in [-0.05, 0) is 37.5 Å². The van der Waals surface area contributed by atoms with Crippen molar-refractivity contribution in [2.75, 3.05) is 11.9 Å². The van der Waals surface area contributed by atoms with E-state index in [0.717, 1.165) is 5.56 Å². The van der Waals surface area contributed by atoms with Crippen LogP contribution in [0.5, 0.6) is 0 Å². The molecule has 24 heavy (non-hydrogen) atoms. The summed E-state index contributed by atoms with van der Waals surface area (Å²) in [6, 6.07) is 5.36. The summed E-state index contributed by atoms with van der Waals surface area (Å²) in [7, 11) is 0. The highest BCUT2D eigenvalue weighted by atomic mass is 35.5. The van der Waals surface area contributed by atoms with Crippen LogP contribution in [0.15, 0.2) is 30.4 Å². The van der Waals surface area contributed by atoms with Crippen LogP contribution >= 0.6 is 11.6 Å². The molecule has 1 aromatic rings.